The first-order valence-corrected chi connectivity index (χ1v) is 7.77. The summed E-state index contributed by atoms with van der Waals surface area (Å²) >= 11 is 0. The van der Waals surface area contributed by atoms with Crippen LogP contribution in [0.15, 0.2) is 4.99 Å². The van der Waals surface area contributed by atoms with Gasteiger partial charge in [0.05, 0.1) is 6.04 Å². The molecule has 2 rings (SSSR count). The number of hydrogen-bond donors (Lipinski definition) is 2. The molecule has 5 nitrogen and oxygen atoms in total. The van der Waals surface area contributed by atoms with Gasteiger partial charge in [0.1, 0.15) is 0 Å². The molecule has 0 spiro atoms. The molecule has 0 atom stereocenters. The summed E-state index contributed by atoms with van der Waals surface area (Å²) in [6.45, 7) is 4.61. The second-order valence-corrected chi connectivity index (χ2v) is 5.86. The topological polar surface area (TPSA) is 56.9 Å². The molecule has 19 heavy (non-hydrogen) atoms. The van der Waals surface area contributed by atoms with Gasteiger partial charge in [-0.1, -0.05) is 19.3 Å². The van der Waals surface area contributed by atoms with E-state index in [1.54, 1.807) is 0 Å². The van der Waals surface area contributed by atoms with E-state index in [2.05, 4.69) is 22.3 Å². The van der Waals surface area contributed by atoms with E-state index < -0.39 is 0 Å². The van der Waals surface area contributed by atoms with Crippen molar-refractivity contribution in [2.24, 2.45) is 10.8 Å². The van der Waals surface area contributed by atoms with Crippen LogP contribution in [0.4, 0.5) is 0 Å². The Kier molecular flexibility index (Phi) is 5.92. The van der Waals surface area contributed by atoms with Crippen LogP contribution in [-0.2, 0) is 0 Å². The second-order valence-electron chi connectivity index (χ2n) is 5.86. The van der Waals surface area contributed by atoms with E-state index in [9.17, 15) is 0 Å². The summed E-state index contributed by atoms with van der Waals surface area (Å²) in [5.41, 5.74) is 2.78. The standard InChI is InChI=1S/C14H29N5/c1-18(11-12-19-9-5-6-10-19)14(17-15)16-13-7-3-2-4-8-13/h13H,2-12,15H2,1H3,(H,16,17). The molecule has 2 aliphatic rings. The quantitative estimate of drug-likeness (QED) is 0.347. The average Bonchev–Trinajstić information content (AvgIpc) is 2.96. The van der Waals surface area contributed by atoms with Gasteiger partial charge >= 0.3 is 0 Å². The van der Waals surface area contributed by atoms with Crippen molar-refractivity contribution in [1.82, 2.24) is 15.2 Å². The van der Waals surface area contributed by atoms with E-state index >= 15 is 0 Å². The van der Waals surface area contributed by atoms with Gasteiger partial charge in [-0.2, -0.15) is 0 Å². The number of hydrogen-bond acceptors (Lipinski definition) is 3. The Morgan fingerprint density at radius 3 is 2.53 bits per heavy atom. The Hall–Kier alpha value is -0.810. The Morgan fingerprint density at radius 1 is 1.21 bits per heavy atom. The lowest BCUT2D eigenvalue weighted by atomic mass is 9.96. The van der Waals surface area contributed by atoms with Crippen molar-refractivity contribution in [3.63, 3.8) is 0 Å². The number of aliphatic imine (C=N–C) groups is 1. The van der Waals surface area contributed by atoms with Gasteiger partial charge in [-0.25, -0.2) is 10.8 Å². The van der Waals surface area contributed by atoms with E-state index in [-0.39, 0.29) is 0 Å². The Morgan fingerprint density at radius 2 is 1.89 bits per heavy atom. The van der Waals surface area contributed by atoms with Gasteiger partial charge in [-0.3, -0.25) is 5.43 Å². The predicted octanol–water partition coefficient (Wildman–Crippen LogP) is 1.17. The fourth-order valence-corrected chi connectivity index (χ4v) is 3.03. The smallest absolute Gasteiger partial charge is 0.208 e. The van der Waals surface area contributed by atoms with Crippen molar-refractivity contribution in [2.75, 3.05) is 33.2 Å². The number of likely N-dealkylation sites (N-methyl/N-ethyl adjacent to an activating group) is 1. The summed E-state index contributed by atoms with van der Waals surface area (Å²) in [6, 6.07) is 0.467. The van der Waals surface area contributed by atoms with Crippen LogP contribution in [0.1, 0.15) is 44.9 Å². The average molecular weight is 267 g/mol. The fourth-order valence-electron chi connectivity index (χ4n) is 3.03. The largest absolute Gasteiger partial charge is 0.344 e. The molecule has 1 aliphatic carbocycles. The predicted molar refractivity (Wildman–Crippen MR) is 79.9 cm³/mol. The van der Waals surface area contributed by atoms with E-state index in [1.807, 2.05) is 0 Å². The van der Waals surface area contributed by atoms with Gasteiger partial charge in [0.25, 0.3) is 0 Å². The molecule has 0 radical (unpaired) electrons. The van der Waals surface area contributed by atoms with Crippen molar-refractivity contribution in [1.29, 1.82) is 0 Å². The Bertz CT molecular complexity index is 280. The minimum Gasteiger partial charge on any atom is -0.344 e. The SMILES string of the molecule is CN(CCN1CCCC1)C(=NC1CCCCC1)NN. The van der Waals surface area contributed by atoms with E-state index in [0.717, 1.165) is 19.0 Å². The molecule has 0 bridgehead atoms. The Balaban J connectivity index is 1.79. The molecular weight excluding hydrogens is 238 g/mol. The first-order chi connectivity index (χ1) is 9.29. The molecule has 110 valence electrons. The second kappa shape index (κ2) is 7.70. The molecule has 0 unspecified atom stereocenters. The third-order valence-corrected chi connectivity index (χ3v) is 4.32. The number of guanidine groups is 1. The van der Waals surface area contributed by atoms with Crippen LogP contribution in [-0.4, -0.2) is 55.0 Å². The molecule has 0 aromatic carbocycles. The van der Waals surface area contributed by atoms with Gasteiger partial charge in [-0.15, -0.1) is 0 Å². The summed E-state index contributed by atoms with van der Waals surface area (Å²) in [4.78, 5) is 9.47. The maximum atomic E-state index is 5.64. The monoisotopic (exact) mass is 267 g/mol. The number of nitrogens with one attached hydrogen (secondary N) is 1. The lowest BCUT2D eigenvalue weighted by Gasteiger charge is -2.26. The summed E-state index contributed by atoms with van der Waals surface area (Å²) in [5, 5.41) is 0. The highest BCUT2D eigenvalue weighted by Gasteiger charge is 2.16. The first kappa shape index (κ1) is 14.6. The fraction of sp³-hybridized carbons (Fsp3) is 0.929. The van der Waals surface area contributed by atoms with Crippen molar-refractivity contribution in [3.8, 4) is 0 Å². The van der Waals surface area contributed by atoms with Crippen molar-refractivity contribution >= 4 is 5.96 Å². The molecule has 1 saturated heterocycles. The van der Waals surface area contributed by atoms with Crippen LogP contribution in [0, 0.1) is 0 Å². The lowest BCUT2D eigenvalue weighted by molar-refractivity contribution is 0.303. The molecule has 5 heteroatoms. The van der Waals surface area contributed by atoms with Crippen LogP contribution in [0.3, 0.4) is 0 Å². The Labute approximate surface area is 117 Å². The zero-order valence-corrected chi connectivity index (χ0v) is 12.3. The van der Waals surface area contributed by atoms with Crippen molar-refractivity contribution in [3.05, 3.63) is 0 Å². The van der Waals surface area contributed by atoms with E-state index in [4.69, 9.17) is 10.8 Å². The third-order valence-electron chi connectivity index (χ3n) is 4.32. The number of nitrogens with zero attached hydrogens (tertiary/aromatic N) is 3. The van der Waals surface area contributed by atoms with Crippen molar-refractivity contribution < 1.29 is 0 Å². The van der Waals surface area contributed by atoms with Crippen LogP contribution < -0.4 is 11.3 Å². The maximum Gasteiger partial charge on any atom is 0.208 e. The summed E-state index contributed by atoms with van der Waals surface area (Å²) in [7, 11) is 2.08. The molecular formula is C14H29N5. The first-order valence-electron chi connectivity index (χ1n) is 7.77. The van der Waals surface area contributed by atoms with Gasteiger partial charge < -0.3 is 9.80 Å². The van der Waals surface area contributed by atoms with Gasteiger partial charge in [0.2, 0.25) is 5.96 Å². The number of hydrazine groups is 1. The van der Waals surface area contributed by atoms with Crippen LogP contribution in [0.5, 0.6) is 0 Å². The molecule has 0 aromatic heterocycles. The van der Waals surface area contributed by atoms with Crippen molar-refractivity contribution in [2.45, 2.75) is 51.0 Å². The van der Waals surface area contributed by atoms with Crippen LogP contribution >= 0.6 is 0 Å². The number of nitrogens with two attached hydrogens (primary N) is 1. The molecule has 3 N–H and O–H groups in total. The molecule has 1 aliphatic heterocycles. The normalized spacial score (nSPS) is 22.7. The zero-order chi connectivity index (χ0) is 13.5. The summed E-state index contributed by atoms with van der Waals surface area (Å²) in [6.07, 6.45) is 9.11. The summed E-state index contributed by atoms with van der Waals surface area (Å²) in [5.74, 6) is 6.49. The minimum atomic E-state index is 0.467. The zero-order valence-electron chi connectivity index (χ0n) is 12.3. The summed E-state index contributed by atoms with van der Waals surface area (Å²) < 4.78 is 0. The molecule has 2 fully saturated rings. The molecule has 0 aromatic rings. The van der Waals surface area contributed by atoms with Gasteiger partial charge in [-0.05, 0) is 38.8 Å². The van der Waals surface area contributed by atoms with E-state index in [1.165, 1.54) is 58.0 Å². The highest BCUT2D eigenvalue weighted by atomic mass is 15.4. The minimum absolute atomic E-state index is 0.467. The van der Waals surface area contributed by atoms with Crippen LogP contribution in [0.2, 0.25) is 0 Å². The highest BCUT2D eigenvalue weighted by molar-refractivity contribution is 5.79. The number of rotatable bonds is 4. The molecule has 0 amide bonds. The van der Waals surface area contributed by atoms with Gasteiger partial charge in [0, 0.05) is 20.1 Å². The maximum absolute atomic E-state index is 5.64. The third kappa shape index (κ3) is 4.66. The highest BCUT2D eigenvalue weighted by Crippen LogP contribution is 2.20. The lowest BCUT2D eigenvalue weighted by Crippen LogP contribution is -2.46. The molecule has 1 heterocycles. The van der Waals surface area contributed by atoms with Gasteiger partial charge in [0.15, 0.2) is 0 Å². The number of likely N-dealkylation sites (tertiary alicyclic amines) is 1. The molecule has 1 saturated carbocycles. The van der Waals surface area contributed by atoms with Crippen LogP contribution in [0.25, 0.3) is 0 Å². The van der Waals surface area contributed by atoms with E-state index in [0.29, 0.717) is 6.04 Å².